The molecule has 0 saturated heterocycles. The van der Waals surface area contributed by atoms with Crippen LogP contribution in [-0.4, -0.2) is 76.0 Å². The van der Waals surface area contributed by atoms with Gasteiger partial charge in [0.1, 0.15) is 10.8 Å². The van der Waals surface area contributed by atoms with Crippen molar-refractivity contribution >= 4 is 51.9 Å². The second-order valence-electron chi connectivity index (χ2n) is 9.37. The van der Waals surface area contributed by atoms with Crippen molar-refractivity contribution in [3.8, 4) is 5.75 Å². The van der Waals surface area contributed by atoms with Gasteiger partial charge in [0.25, 0.3) is 0 Å². The standard InChI is InChI=1S/C24H34ClN7O5S/c1-36-8-7-32-13-16-9-21(37-2)20(10-19(16)28-22(33)14-32)30-24-26-12-17(25)23(31-24)29-18-6-4-3-5-15(18)11-27-38(34)35/h9-10,12,15,18,27H,3-8,11,13-14H2,1-2H3,(H,28,33)(H,34,35)(H2,26,29,30,31)/t15-,18-/m1/s1. The largest absolute Gasteiger partial charge is 0.495 e. The topological polar surface area (TPSA) is 150 Å². The molecule has 2 aromatic rings. The van der Waals surface area contributed by atoms with Crippen LogP contribution in [-0.2, 0) is 27.3 Å². The number of fused-ring (bicyclic) bond motifs is 1. The monoisotopic (exact) mass is 567 g/mol. The second kappa shape index (κ2) is 13.5. The van der Waals surface area contributed by atoms with Crippen LogP contribution in [0.5, 0.6) is 5.75 Å². The highest BCUT2D eigenvalue weighted by atomic mass is 35.5. The van der Waals surface area contributed by atoms with E-state index in [9.17, 15) is 9.00 Å². The Balaban J connectivity index is 1.53. The Morgan fingerprint density at radius 2 is 2.08 bits per heavy atom. The summed E-state index contributed by atoms with van der Waals surface area (Å²) in [6.45, 7) is 2.42. The maximum atomic E-state index is 12.5. The van der Waals surface area contributed by atoms with Crippen molar-refractivity contribution in [1.29, 1.82) is 0 Å². The minimum atomic E-state index is -2.06. The Bertz CT molecular complexity index is 1160. The molecule has 1 aliphatic heterocycles. The highest BCUT2D eigenvalue weighted by Crippen LogP contribution is 2.35. The number of hydrogen-bond donors (Lipinski definition) is 5. The zero-order valence-corrected chi connectivity index (χ0v) is 23.0. The van der Waals surface area contributed by atoms with E-state index in [1.807, 2.05) is 17.0 Å². The van der Waals surface area contributed by atoms with Gasteiger partial charge >= 0.3 is 0 Å². The van der Waals surface area contributed by atoms with Gasteiger partial charge in [0.15, 0.2) is 5.82 Å². The van der Waals surface area contributed by atoms with E-state index in [0.717, 1.165) is 31.2 Å². The lowest BCUT2D eigenvalue weighted by molar-refractivity contribution is -0.117. The Morgan fingerprint density at radius 1 is 1.26 bits per heavy atom. The van der Waals surface area contributed by atoms with E-state index in [-0.39, 0.29) is 24.4 Å². The first-order valence-electron chi connectivity index (χ1n) is 12.5. The lowest BCUT2D eigenvalue weighted by Gasteiger charge is -2.32. The van der Waals surface area contributed by atoms with Gasteiger partial charge in [0.2, 0.25) is 23.1 Å². The normalized spacial score (nSPS) is 20.7. The molecule has 1 fully saturated rings. The number of carbonyl (C=O) groups excluding carboxylic acids is 1. The van der Waals surface area contributed by atoms with E-state index < -0.39 is 11.3 Å². The maximum Gasteiger partial charge on any atom is 0.238 e. The summed E-state index contributed by atoms with van der Waals surface area (Å²) in [5, 5.41) is 9.95. The van der Waals surface area contributed by atoms with Crippen LogP contribution in [0.15, 0.2) is 18.3 Å². The van der Waals surface area contributed by atoms with Crippen LogP contribution in [0.3, 0.4) is 0 Å². The molecule has 0 bridgehead atoms. The summed E-state index contributed by atoms with van der Waals surface area (Å²) in [6.07, 6.45) is 5.45. The summed E-state index contributed by atoms with van der Waals surface area (Å²) >= 11 is 4.37. The average molecular weight is 568 g/mol. The predicted octanol–water partition coefficient (Wildman–Crippen LogP) is 2.98. The third kappa shape index (κ3) is 7.52. The first-order valence-corrected chi connectivity index (χ1v) is 14.0. The van der Waals surface area contributed by atoms with Gasteiger partial charge < -0.3 is 25.4 Å². The number of hydrogen-bond acceptors (Lipinski definition) is 9. The Morgan fingerprint density at radius 3 is 2.84 bits per heavy atom. The maximum absolute atomic E-state index is 12.5. The van der Waals surface area contributed by atoms with Crippen LogP contribution < -0.4 is 25.4 Å². The molecule has 1 unspecified atom stereocenters. The van der Waals surface area contributed by atoms with E-state index in [2.05, 4.69) is 30.6 Å². The number of amides is 1. The van der Waals surface area contributed by atoms with Gasteiger partial charge in [-0.3, -0.25) is 14.2 Å². The molecular weight excluding hydrogens is 534 g/mol. The van der Waals surface area contributed by atoms with Crippen LogP contribution in [0, 0.1) is 5.92 Å². The summed E-state index contributed by atoms with van der Waals surface area (Å²) in [7, 11) is 3.22. The third-order valence-corrected chi connectivity index (χ3v) is 7.45. The molecule has 12 nitrogen and oxygen atoms in total. The summed E-state index contributed by atoms with van der Waals surface area (Å²) in [6, 6.07) is 3.75. The van der Waals surface area contributed by atoms with E-state index in [4.69, 9.17) is 25.6 Å². The second-order valence-corrected chi connectivity index (χ2v) is 10.6. The van der Waals surface area contributed by atoms with Gasteiger partial charge in [-0.05, 0) is 36.5 Å². The summed E-state index contributed by atoms with van der Waals surface area (Å²) < 4.78 is 33.6. The molecule has 3 atom stereocenters. The van der Waals surface area contributed by atoms with Crippen molar-refractivity contribution in [2.45, 2.75) is 38.3 Å². The number of carbonyl (C=O) groups is 1. The molecule has 2 aliphatic rings. The summed E-state index contributed by atoms with van der Waals surface area (Å²) in [5.74, 6) is 1.40. The molecule has 1 amide bonds. The molecular formula is C24H34ClN7O5S. The number of aromatic nitrogens is 2. The van der Waals surface area contributed by atoms with Crippen LogP contribution in [0.2, 0.25) is 5.02 Å². The molecule has 1 saturated carbocycles. The van der Waals surface area contributed by atoms with E-state index in [1.54, 1.807) is 14.2 Å². The number of anilines is 4. The van der Waals surface area contributed by atoms with Gasteiger partial charge in [0.05, 0.1) is 32.1 Å². The van der Waals surface area contributed by atoms with Gasteiger partial charge in [-0.1, -0.05) is 24.4 Å². The van der Waals surface area contributed by atoms with E-state index in [0.29, 0.717) is 60.2 Å². The molecule has 4 rings (SSSR count). The Hall–Kier alpha value is -2.55. The van der Waals surface area contributed by atoms with Crippen LogP contribution in [0.1, 0.15) is 31.2 Å². The summed E-state index contributed by atoms with van der Waals surface area (Å²) in [5.41, 5.74) is 2.20. The van der Waals surface area contributed by atoms with Crippen LogP contribution >= 0.6 is 11.6 Å². The van der Waals surface area contributed by atoms with Crippen LogP contribution in [0.4, 0.5) is 23.1 Å². The number of nitrogens with one attached hydrogen (secondary N) is 4. The SMILES string of the molecule is COCCN1CC(=O)Nc2cc(Nc3ncc(Cl)c(N[C@@H]4CCCC[C@@H]4CNS(=O)O)n3)c(OC)cc2C1. The lowest BCUT2D eigenvalue weighted by Crippen LogP contribution is -2.39. The minimum absolute atomic E-state index is 0.0401. The number of benzene rings is 1. The van der Waals surface area contributed by atoms with E-state index in [1.165, 1.54) is 6.20 Å². The number of methoxy groups -OCH3 is 2. The first-order chi connectivity index (χ1) is 18.4. The Kier molecular flexibility index (Phi) is 10.1. The van der Waals surface area contributed by atoms with Crippen molar-refractivity contribution in [3.63, 3.8) is 0 Å². The van der Waals surface area contributed by atoms with Crippen molar-refractivity contribution in [2.75, 3.05) is 56.4 Å². The molecule has 38 heavy (non-hydrogen) atoms. The quantitative estimate of drug-likeness (QED) is 0.256. The summed E-state index contributed by atoms with van der Waals surface area (Å²) in [4.78, 5) is 23.4. The Labute approximate surface area is 229 Å². The third-order valence-electron chi connectivity index (χ3n) is 6.76. The number of nitrogens with zero attached hydrogens (tertiary/aromatic N) is 3. The highest BCUT2D eigenvalue weighted by Gasteiger charge is 2.27. The number of ether oxygens (including phenoxy) is 2. The molecule has 0 radical (unpaired) electrons. The van der Waals surface area contributed by atoms with Crippen LogP contribution in [0.25, 0.3) is 0 Å². The van der Waals surface area contributed by atoms with Gasteiger partial charge in [-0.15, -0.1) is 0 Å². The molecule has 1 aromatic heterocycles. The molecule has 14 heteroatoms. The molecule has 1 aromatic carbocycles. The van der Waals surface area contributed by atoms with E-state index >= 15 is 0 Å². The lowest BCUT2D eigenvalue weighted by atomic mass is 9.84. The van der Waals surface area contributed by atoms with Crippen molar-refractivity contribution in [3.05, 3.63) is 28.9 Å². The van der Waals surface area contributed by atoms with Gasteiger partial charge in [-0.25, -0.2) is 13.9 Å². The fraction of sp³-hybridized carbons (Fsp3) is 0.542. The number of rotatable bonds is 11. The molecule has 2 heterocycles. The van der Waals surface area contributed by atoms with Gasteiger partial charge in [-0.2, -0.15) is 4.98 Å². The average Bonchev–Trinajstić information content (AvgIpc) is 3.05. The smallest absolute Gasteiger partial charge is 0.238 e. The van der Waals surface area contributed by atoms with Crippen molar-refractivity contribution < 1.29 is 23.0 Å². The highest BCUT2D eigenvalue weighted by molar-refractivity contribution is 7.77. The van der Waals surface area contributed by atoms with Gasteiger partial charge in [0, 0.05) is 38.5 Å². The zero-order valence-electron chi connectivity index (χ0n) is 21.5. The zero-order chi connectivity index (χ0) is 27.1. The molecule has 5 N–H and O–H groups in total. The minimum Gasteiger partial charge on any atom is -0.495 e. The predicted molar refractivity (Wildman–Crippen MR) is 147 cm³/mol. The molecule has 1 aliphatic carbocycles. The first kappa shape index (κ1) is 28.5. The van der Waals surface area contributed by atoms with Crippen molar-refractivity contribution in [2.24, 2.45) is 5.92 Å². The molecule has 208 valence electrons. The molecule has 0 spiro atoms. The fourth-order valence-electron chi connectivity index (χ4n) is 4.85. The fourth-order valence-corrected chi connectivity index (χ4v) is 5.35. The number of halogens is 1. The van der Waals surface area contributed by atoms with Crippen molar-refractivity contribution in [1.82, 2.24) is 19.6 Å².